The molecule has 0 radical (unpaired) electrons. The Bertz CT molecular complexity index is 731. The molecule has 0 aliphatic carbocycles. The van der Waals surface area contributed by atoms with Crippen LogP contribution in [0, 0.1) is 11.7 Å². The van der Waals surface area contributed by atoms with E-state index in [1.54, 1.807) is 4.90 Å². The summed E-state index contributed by atoms with van der Waals surface area (Å²) in [6.07, 6.45) is 1.29. The topological polar surface area (TPSA) is 57.7 Å². The van der Waals surface area contributed by atoms with Gasteiger partial charge >= 0.3 is 0 Å². The summed E-state index contributed by atoms with van der Waals surface area (Å²) in [5, 5.41) is 0. The van der Waals surface area contributed by atoms with Crippen LogP contribution < -0.4 is 0 Å². The monoisotopic (exact) mass is 368 g/mol. The van der Waals surface area contributed by atoms with E-state index < -0.39 is 15.8 Å². The van der Waals surface area contributed by atoms with Gasteiger partial charge in [0.15, 0.2) is 0 Å². The van der Waals surface area contributed by atoms with Crippen LogP contribution >= 0.6 is 0 Å². The van der Waals surface area contributed by atoms with Gasteiger partial charge in [-0.15, -0.1) is 0 Å². The number of benzene rings is 1. The molecule has 1 atom stereocenters. The first-order chi connectivity index (χ1) is 11.8. The maximum absolute atomic E-state index is 13.1. The largest absolute Gasteiger partial charge is 0.339 e. The molecular weight excluding hydrogens is 343 g/mol. The smallest absolute Gasteiger partial charge is 0.243 e. The summed E-state index contributed by atoms with van der Waals surface area (Å²) in [6.45, 7) is 9.18. The minimum Gasteiger partial charge on any atom is -0.339 e. The second-order valence-corrected chi connectivity index (χ2v) is 8.40. The standard InChI is InChI=1S/C18H25FN2O3S/c1-4-20(12-14(2)3)18(22)15-6-5-11-21(13-15)25(23,24)17-9-7-16(19)8-10-17/h7-10,15H,2,4-6,11-13H2,1,3H3. The highest BCUT2D eigenvalue weighted by Gasteiger charge is 2.34. The normalized spacial score (nSPS) is 18.8. The molecule has 0 N–H and O–H groups in total. The number of amides is 1. The molecule has 1 aromatic carbocycles. The number of hydrogen-bond donors (Lipinski definition) is 0. The fourth-order valence-corrected chi connectivity index (χ4v) is 4.57. The second-order valence-electron chi connectivity index (χ2n) is 6.47. The van der Waals surface area contributed by atoms with E-state index in [-0.39, 0.29) is 23.3 Å². The first kappa shape index (κ1) is 19.6. The van der Waals surface area contributed by atoms with Crippen molar-refractivity contribution in [3.8, 4) is 0 Å². The van der Waals surface area contributed by atoms with Gasteiger partial charge in [-0.25, -0.2) is 12.8 Å². The van der Waals surface area contributed by atoms with Crippen molar-refractivity contribution in [1.29, 1.82) is 0 Å². The molecule has 1 aliphatic heterocycles. The van der Waals surface area contributed by atoms with Gasteiger partial charge in [0.1, 0.15) is 5.82 Å². The van der Waals surface area contributed by atoms with Crippen molar-refractivity contribution in [3.05, 3.63) is 42.2 Å². The Morgan fingerprint density at radius 2 is 2.00 bits per heavy atom. The van der Waals surface area contributed by atoms with Crippen LogP contribution in [0.4, 0.5) is 4.39 Å². The van der Waals surface area contributed by atoms with Crippen LogP contribution in [0.1, 0.15) is 26.7 Å². The molecule has 25 heavy (non-hydrogen) atoms. The number of piperidine rings is 1. The highest BCUT2D eigenvalue weighted by molar-refractivity contribution is 7.89. The van der Waals surface area contributed by atoms with Crippen LogP contribution in [0.3, 0.4) is 0 Å². The third kappa shape index (κ3) is 4.67. The molecule has 138 valence electrons. The van der Waals surface area contributed by atoms with Gasteiger partial charge in [0.2, 0.25) is 15.9 Å². The van der Waals surface area contributed by atoms with Crippen molar-refractivity contribution in [1.82, 2.24) is 9.21 Å². The molecule has 0 aromatic heterocycles. The average Bonchev–Trinajstić information content (AvgIpc) is 2.59. The summed E-state index contributed by atoms with van der Waals surface area (Å²) in [4.78, 5) is 14.5. The maximum atomic E-state index is 13.1. The lowest BCUT2D eigenvalue weighted by Crippen LogP contribution is -2.47. The quantitative estimate of drug-likeness (QED) is 0.726. The Labute approximate surface area is 149 Å². The van der Waals surface area contributed by atoms with Gasteiger partial charge < -0.3 is 4.90 Å². The third-order valence-electron chi connectivity index (χ3n) is 4.34. The van der Waals surface area contributed by atoms with Gasteiger partial charge in [-0.3, -0.25) is 4.79 Å². The van der Waals surface area contributed by atoms with Crippen LogP contribution in [0.2, 0.25) is 0 Å². The van der Waals surface area contributed by atoms with Crippen molar-refractivity contribution < 1.29 is 17.6 Å². The molecule has 1 aromatic rings. The van der Waals surface area contributed by atoms with Gasteiger partial charge in [-0.05, 0) is 51.0 Å². The lowest BCUT2D eigenvalue weighted by Gasteiger charge is -2.34. The Morgan fingerprint density at radius 1 is 1.36 bits per heavy atom. The van der Waals surface area contributed by atoms with Crippen molar-refractivity contribution in [2.75, 3.05) is 26.2 Å². The third-order valence-corrected chi connectivity index (χ3v) is 6.22. The van der Waals surface area contributed by atoms with Crippen LogP contribution in [-0.4, -0.2) is 49.7 Å². The predicted molar refractivity (Wildman–Crippen MR) is 95.0 cm³/mol. The van der Waals surface area contributed by atoms with E-state index in [1.807, 2.05) is 13.8 Å². The molecule has 2 rings (SSSR count). The van der Waals surface area contributed by atoms with Gasteiger partial charge in [-0.1, -0.05) is 12.2 Å². The van der Waals surface area contributed by atoms with E-state index in [0.29, 0.717) is 32.5 Å². The number of nitrogens with zero attached hydrogens (tertiary/aromatic N) is 2. The summed E-state index contributed by atoms with van der Waals surface area (Å²) >= 11 is 0. The Kier molecular flexibility index (Phi) is 6.35. The number of carbonyl (C=O) groups is 1. The number of likely N-dealkylation sites (N-methyl/N-ethyl adjacent to an activating group) is 1. The van der Waals surface area contributed by atoms with E-state index >= 15 is 0 Å². The molecule has 1 saturated heterocycles. The average molecular weight is 368 g/mol. The second kappa shape index (κ2) is 8.10. The van der Waals surface area contributed by atoms with Gasteiger partial charge in [0, 0.05) is 26.2 Å². The van der Waals surface area contributed by atoms with Crippen molar-refractivity contribution in [3.63, 3.8) is 0 Å². The Morgan fingerprint density at radius 3 is 2.56 bits per heavy atom. The zero-order valence-corrected chi connectivity index (χ0v) is 15.6. The summed E-state index contributed by atoms with van der Waals surface area (Å²) in [5.41, 5.74) is 0.891. The van der Waals surface area contributed by atoms with Gasteiger partial charge in [0.05, 0.1) is 10.8 Å². The number of carbonyl (C=O) groups excluding carboxylic acids is 1. The minimum absolute atomic E-state index is 0.0375. The molecule has 1 fully saturated rings. The summed E-state index contributed by atoms with van der Waals surface area (Å²) < 4.78 is 39.9. The summed E-state index contributed by atoms with van der Waals surface area (Å²) in [6, 6.07) is 4.78. The van der Waals surface area contributed by atoms with E-state index in [0.717, 1.165) is 17.7 Å². The van der Waals surface area contributed by atoms with Gasteiger partial charge in [0.25, 0.3) is 0 Å². The van der Waals surface area contributed by atoms with E-state index in [9.17, 15) is 17.6 Å². The molecule has 1 aliphatic rings. The summed E-state index contributed by atoms with van der Waals surface area (Å²) in [5.74, 6) is -0.878. The first-order valence-corrected chi connectivity index (χ1v) is 9.88. The Balaban J connectivity index is 2.15. The molecule has 1 unspecified atom stereocenters. The zero-order chi connectivity index (χ0) is 18.6. The molecule has 1 heterocycles. The lowest BCUT2D eigenvalue weighted by molar-refractivity contribution is -0.136. The minimum atomic E-state index is -3.72. The number of halogens is 1. The van der Waals surface area contributed by atoms with Crippen LogP contribution in [0.5, 0.6) is 0 Å². The number of hydrogen-bond acceptors (Lipinski definition) is 3. The predicted octanol–water partition coefficient (Wildman–Crippen LogP) is 2.65. The molecule has 7 heteroatoms. The zero-order valence-electron chi connectivity index (χ0n) is 14.7. The van der Waals surface area contributed by atoms with Crippen LogP contribution in [-0.2, 0) is 14.8 Å². The van der Waals surface area contributed by atoms with E-state index in [4.69, 9.17) is 0 Å². The highest BCUT2D eigenvalue weighted by Crippen LogP contribution is 2.25. The summed E-state index contributed by atoms with van der Waals surface area (Å²) in [7, 11) is -3.72. The lowest BCUT2D eigenvalue weighted by atomic mass is 9.98. The van der Waals surface area contributed by atoms with Gasteiger partial charge in [-0.2, -0.15) is 4.31 Å². The molecule has 0 bridgehead atoms. The maximum Gasteiger partial charge on any atom is 0.243 e. The molecule has 0 spiro atoms. The molecule has 1 amide bonds. The molecule has 5 nitrogen and oxygen atoms in total. The van der Waals surface area contributed by atoms with Crippen molar-refractivity contribution in [2.24, 2.45) is 5.92 Å². The van der Waals surface area contributed by atoms with Crippen LogP contribution in [0.15, 0.2) is 41.3 Å². The fourth-order valence-electron chi connectivity index (χ4n) is 3.05. The molecular formula is C18H25FN2O3S. The fraction of sp³-hybridized carbons (Fsp3) is 0.500. The number of sulfonamides is 1. The SMILES string of the molecule is C=C(C)CN(CC)C(=O)C1CCCN(S(=O)(=O)c2ccc(F)cc2)C1. The van der Waals surface area contributed by atoms with Crippen molar-refractivity contribution in [2.45, 2.75) is 31.6 Å². The molecule has 0 saturated carbocycles. The van der Waals surface area contributed by atoms with E-state index in [1.165, 1.54) is 16.4 Å². The number of rotatable bonds is 6. The highest BCUT2D eigenvalue weighted by atomic mass is 32.2. The Hall–Kier alpha value is -1.73. The first-order valence-electron chi connectivity index (χ1n) is 8.44. The van der Waals surface area contributed by atoms with Crippen LogP contribution in [0.25, 0.3) is 0 Å². The van der Waals surface area contributed by atoms with E-state index in [2.05, 4.69) is 6.58 Å². The van der Waals surface area contributed by atoms with Crippen molar-refractivity contribution >= 4 is 15.9 Å².